The first-order chi connectivity index (χ1) is 30.7. The van der Waals surface area contributed by atoms with Crippen LogP contribution in [0.5, 0.6) is 0 Å². The lowest BCUT2D eigenvalue weighted by Gasteiger charge is -2.28. The molecule has 290 valence electrons. The number of hydrogen-bond acceptors (Lipinski definition) is 2. The molecule has 12 aromatic rings. The number of hydrogen-bond donors (Lipinski definition) is 0. The molecule has 2 heteroatoms. The Labute approximate surface area is 360 Å². The minimum atomic E-state index is 0.898. The molecular formula is C60H39NO. The van der Waals surface area contributed by atoms with Crippen LogP contribution in [0.15, 0.2) is 241 Å². The van der Waals surface area contributed by atoms with Crippen LogP contribution in [-0.4, -0.2) is 0 Å². The fourth-order valence-corrected chi connectivity index (χ4v) is 9.35. The summed E-state index contributed by atoms with van der Waals surface area (Å²) in [5.74, 6) is 0. The van der Waals surface area contributed by atoms with Crippen LogP contribution in [-0.2, 0) is 0 Å². The second-order valence-electron chi connectivity index (χ2n) is 16.1. The summed E-state index contributed by atoms with van der Waals surface area (Å²) in [5, 5.41) is 9.84. The Kier molecular flexibility index (Phi) is 8.53. The molecule has 0 spiro atoms. The number of para-hydroxylation sites is 2. The van der Waals surface area contributed by atoms with E-state index in [0.717, 1.165) is 61.3 Å². The maximum Gasteiger partial charge on any atom is 0.136 e. The number of rotatable bonds is 7. The molecule has 0 unspecified atom stereocenters. The number of anilines is 3. The maximum absolute atomic E-state index is 6.27. The Hall–Kier alpha value is -8.20. The zero-order valence-corrected chi connectivity index (χ0v) is 33.9. The first-order valence-corrected chi connectivity index (χ1v) is 21.2. The molecule has 12 rings (SSSR count). The fourth-order valence-electron chi connectivity index (χ4n) is 9.35. The molecule has 11 aromatic carbocycles. The van der Waals surface area contributed by atoms with Gasteiger partial charge in [0, 0.05) is 27.7 Å². The number of fused-ring (bicyclic) bond motifs is 7. The quantitative estimate of drug-likeness (QED) is 0.150. The molecular weight excluding hydrogens is 751 g/mol. The molecule has 1 aromatic heterocycles. The standard InChI is InChI=1S/C60H39NO/c1-2-12-46-38-47(26-22-40(46)10-1)42-28-33-50(34-29-42)61(51-35-30-45(31-36-51)55-16-9-19-59-60(55)56-15-6-8-18-58(56)62-59)57-17-7-5-14-54(57)44-23-20-41(21-24-44)48-32-37-53-49(39-48)27-25-43-11-3-4-13-52(43)53/h1-39H. The molecule has 0 atom stereocenters. The van der Waals surface area contributed by atoms with Gasteiger partial charge in [-0.05, 0) is 126 Å². The van der Waals surface area contributed by atoms with Crippen LogP contribution < -0.4 is 4.90 Å². The summed E-state index contributed by atoms with van der Waals surface area (Å²) in [6.07, 6.45) is 0. The summed E-state index contributed by atoms with van der Waals surface area (Å²) in [7, 11) is 0. The van der Waals surface area contributed by atoms with Gasteiger partial charge in [-0.15, -0.1) is 0 Å². The van der Waals surface area contributed by atoms with E-state index >= 15 is 0 Å². The van der Waals surface area contributed by atoms with Crippen LogP contribution >= 0.6 is 0 Å². The van der Waals surface area contributed by atoms with E-state index in [1.807, 2.05) is 12.1 Å². The van der Waals surface area contributed by atoms with Crippen molar-refractivity contribution in [3.05, 3.63) is 237 Å². The predicted octanol–water partition coefficient (Wildman–Crippen LogP) is 17.2. The van der Waals surface area contributed by atoms with E-state index in [9.17, 15) is 0 Å². The van der Waals surface area contributed by atoms with Gasteiger partial charge in [0.1, 0.15) is 11.2 Å². The van der Waals surface area contributed by atoms with E-state index in [2.05, 4.69) is 229 Å². The van der Waals surface area contributed by atoms with Gasteiger partial charge >= 0.3 is 0 Å². The van der Waals surface area contributed by atoms with E-state index in [1.54, 1.807) is 0 Å². The maximum atomic E-state index is 6.27. The Balaban J connectivity index is 0.942. The van der Waals surface area contributed by atoms with Crippen LogP contribution in [0.1, 0.15) is 0 Å². The third-order valence-electron chi connectivity index (χ3n) is 12.5. The Morgan fingerprint density at radius 2 is 0.758 bits per heavy atom. The lowest BCUT2D eigenvalue weighted by molar-refractivity contribution is 0.669. The van der Waals surface area contributed by atoms with Gasteiger partial charge in [0.2, 0.25) is 0 Å². The fraction of sp³-hybridized carbons (Fsp3) is 0. The van der Waals surface area contributed by atoms with Gasteiger partial charge in [-0.1, -0.05) is 182 Å². The Morgan fingerprint density at radius 3 is 1.55 bits per heavy atom. The van der Waals surface area contributed by atoms with Gasteiger partial charge in [0.25, 0.3) is 0 Å². The molecule has 62 heavy (non-hydrogen) atoms. The molecule has 0 bridgehead atoms. The first kappa shape index (κ1) is 35.7. The lowest BCUT2D eigenvalue weighted by atomic mass is 9.95. The van der Waals surface area contributed by atoms with E-state index in [0.29, 0.717) is 0 Å². The van der Waals surface area contributed by atoms with Crippen LogP contribution in [0, 0.1) is 0 Å². The van der Waals surface area contributed by atoms with Crippen molar-refractivity contribution in [1.82, 2.24) is 0 Å². The number of nitrogens with zero attached hydrogens (tertiary/aromatic N) is 1. The highest BCUT2D eigenvalue weighted by molar-refractivity contribution is 6.12. The summed E-state index contributed by atoms with van der Waals surface area (Å²) >= 11 is 0. The first-order valence-electron chi connectivity index (χ1n) is 21.2. The van der Waals surface area contributed by atoms with Crippen molar-refractivity contribution in [3.8, 4) is 44.5 Å². The average Bonchev–Trinajstić information content (AvgIpc) is 3.74. The molecule has 0 aliphatic carbocycles. The van der Waals surface area contributed by atoms with Gasteiger partial charge in [0.15, 0.2) is 0 Å². The zero-order valence-electron chi connectivity index (χ0n) is 33.9. The minimum Gasteiger partial charge on any atom is -0.456 e. The smallest absolute Gasteiger partial charge is 0.136 e. The summed E-state index contributed by atoms with van der Waals surface area (Å²) in [5.41, 5.74) is 14.5. The van der Waals surface area contributed by atoms with E-state index in [4.69, 9.17) is 4.42 Å². The zero-order chi connectivity index (χ0) is 41.0. The molecule has 0 amide bonds. The van der Waals surface area contributed by atoms with Gasteiger partial charge in [-0.2, -0.15) is 0 Å². The summed E-state index contributed by atoms with van der Waals surface area (Å²) in [6, 6.07) is 85.6. The van der Waals surface area contributed by atoms with Crippen molar-refractivity contribution in [1.29, 1.82) is 0 Å². The van der Waals surface area contributed by atoms with Gasteiger partial charge in [0.05, 0.1) is 5.69 Å². The summed E-state index contributed by atoms with van der Waals surface area (Å²) < 4.78 is 6.27. The van der Waals surface area contributed by atoms with Crippen LogP contribution in [0.2, 0.25) is 0 Å². The number of benzene rings is 11. The second-order valence-corrected chi connectivity index (χ2v) is 16.1. The second kappa shape index (κ2) is 14.8. The summed E-state index contributed by atoms with van der Waals surface area (Å²) in [6.45, 7) is 0. The van der Waals surface area contributed by atoms with Crippen LogP contribution in [0.4, 0.5) is 17.1 Å². The van der Waals surface area contributed by atoms with E-state index < -0.39 is 0 Å². The lowest BCUT2D eigenvalue weighted by Crippen LogP contribution is -2.11. The molecule has 0 saturated carbocycles. The third-order valence-corrected chi connectivity index (χ3v) is 12.5. The SMILES string of the molecule is c1ccc(N(c2ccc(-c3ccc4ccccc4c3)cc2)c2ccc(-c3cccc4oc5ccccc5c34)cc2)c(-c2ccc(-c3ccc4c(ccc5ccccc54)c3)cc2)c1. The molecule has 0 aliphatic rings. The van der Waals surface area contributed by atoms with E-state index in [-0.39, 0.29) is 0 Å². The molecule has 0 saturated heterocycles. The highest BCUT2D eigenvalue weighted by Crippen LogP contribution is 2.44. The molecule has 0 fully saturated rings. The molecule has 0 aliphatic heterocycles. The topological polar surface area (TPSA) is 16.4 Å². The minimum absolute atomic E-state index is 0.898. The molecule has 0 radical (unpaired) electrons. The van der Waals surface area contributed by atoms with E-state index in [1.165, 1.54) is 54.6 Å². The molecule has 1 heterocycles. The van der Waals surface area contributed by atoms with Gasteiger partial charge in [-0.25, -0.2) is 0 Å². The van der Waals surface area contributed by atoms with Crippen molar-refractivity contribution in [2.75, 3.05) is 4.90 Å². The van der Waals surface area contributed by atoms with Crippen molar-refractivity contribution in [2.24, 2.45) is 0 Å². The van der Waals surface area contributed by atoms with Gasteiger partial charge in [-0.3, -0.25) is 0 Å². The normalized spacial score (nSPS) is 11.5. The molecule has 0 N–H and O–H groups in total. The Bertz CT molecular complexity index is 3620. The van der Waals surface area contributed by atoms with Crippen molar-refractivity contribution >= 4 is 71.3 Å². The van der Waals surface area contributed by atoms with Crippen LogP contribution in [0.3, 0.4) is 0 Å². The predicted molar refractivity (Wildman–Crippen MR) is 263 cm³/mol. The van der Waals surface area contributed by atoms with Crippen molar-refractivity contribution < 1.29 is 4.42 Å². The Morgan fingerprint density at radius 1 is 0.274 bits per heavy atom. The third kappa shape index (κ3) is 6.20. The number of furan rings is 1. The average molecular weight is 790 g/mol. The monoisotopic (exact) mass is 789 g/mol. The highest BCUT2D eigenvalue weighted by atomic mass is 16.3. The van der Waals surface area contributed by atoms with Crippen LogP contribution in [0.25, 0.3) is 98.8 Å². The highest BCUT2D eigenvalue weighted by Gasteiger charge is 2.19. The summed E-state index contributed by atoms with van der Waals surface area (Å²) in [4.78, 5) is 2.39. The molecule has 2 nitrogen and oxygen atoms in total. The largest absolute Gasteiger partial charge is 0.456 e. The van der Waals surface area contributed by atoms with Crippen molar-refractivity contribution in [2.45, 2.75) is 0 Å². The van der Waals surface area contributed by atoms with Gasteiger partial charge < -0.3 is 9.32 Å². The van der Waals surface area contributed by atoms with Crippen molar-refractivity contribution in [3.63, 3.8) is 0 Å².